The van der Waals surface area contributed by atoms with Crippen LogP contribution in [0, 0.1) is 0 Å². The van der Waals surface area contributed by atoms with Crippen LogP contribution in [0.1, 0.15) is 26.7 Å². The van der Waals surface area contributed by atoms with Crippen LogP contribution in [0.3, 0.4) is 0 Å². The van der Waals surface area contributed by atoms with E-state index in [2.05, 4.69) is 31.1 Å². The Morgan fingerprint density at radius 3 is 2.94 bits per heavy atom. The minimum atomic E-state index is 0.00585. The second-order valence-corrected chi connectivity index (χ2v) is 5.43. The van der Waals surface area contributed by atoms with E-state index in [9.17, 15) is 4.79 Å². The number of nitrogens with one attached hydrogen (secondary N) is 1. The van der Waals surface area contributed by atoms with Gasteiger partial charge in [-0.25, -0.2) is 0 Å². The smallest absolute Gasteiger partial charge is 0.241 e. The topological polar surface area (TPSA) is 44.8 Å². The first kappa shape index (κ1) is 13.8. The third-order valence-corrected chi connectivity index (χ3v) is 3.81. The van der Waals surface area contributed by atoms with E-state index in [1.165, 1.54) is 0 Å². The van der Waals surface area contributed by atoms with Crippen molar-refractivity contribution in [3.05, 3.63) is 0 Å². The number of carbonyl (C=O) groups is 1. The summed E-state index contributed by atoms with van der Waals surface area (Å²) in [5.74, 6) is 0.237. The number of ether oxygens (including phenoxy) is 1. The monoisotopic (exact) mass is 255 g/mol. The zero-order valence-corrected chi connectivity index (χ0v) is 11.7. The fourth-order valence-electron chi connectivity index (χ4n) is 2.78. The largest absolute Gasteiger partial charge is 0.374 e. The molecule has 0 aromatic rings. The zero-order valence-electron chi connectivity index (χ0n) is 11.7. The SMILES string of the molecule is CCCC1NC(C)N(CC2CN(C)CCO2)C1=O. The van der Waals surface area contributed by atoms with Crippen LogP contribution in [0.2, 0.25) is 0 Å². The average Bonchev–Trinajstić information content (AvgIpc) is 2.58. The van der Waals surface area contributed by atoms with Gasteiger partial charge in [0.15, 0.2) is 0 Å². The summed E-state index contributed by atoms with van der Waals surface area (Å²) in [5, 5.41) is 3.36. The van der Waals surface area contributed by atoms with Gasteiger partial charge in [-0.1, -0.05) is 13.3 Å². The van der Waals surface area contributed by atoms with Gasteiger partial charge in [-0.05, 0) is 20.4 Å². The summed E-state index contributed by atoms with van der Waals surface area (Å²) in [7, 11) is 2.10. The zero-order chi connectivity index (χ0) is 13.1. The molecule has 0 saturated carbocycles. The van der Waals surface area contributed by atoms with Gasteiger partial charge in [0.25, 0.3) is 0 Å². The third kappa shape index (κ3) is 3.02. The fourth-order valence-corrected chi connectivity index (χ4v) is 2.78. The van der Waals surface area contributed by atoms with Gasteiger partial charge in [0, 0.05) is 19.6 Å². The molecule has 2 saturated heterocycles. The molecule has 2 fully saturated rings. The number of likely N-dealkylation sites (N-methyl/N-ethyl adjacent to an activating group) is 1. The van der Waals surface area contributed by atoms with E-state index in [0.717, 1.165) is 32.5 Å². The number of amides is 1. The highest BCUT2D eigenvalue weighted by molar-refractivity contribution is 5.84. The molecule has 1 amide bonds. The summed E-state index contributed by atoms with van der Waals surface area (Å²) in [6.45, 7) is 7.54. The number of carbonyl (C=O) groups excluding carboxylic acids is 1. The van der Waals surface area contributed by atoms with E-state index in [4.69, 9.17) is 4.74 Å². The summed E-state index contributed by atoms with van der Waals surface area (Å²) in [6.07, 6.45) is 2.24. The molecular formula is C13H25N3O2. The molecule has 0 radical (unpaired) electrons. The summed E-state index contributed by atoms with van der Waals surface area (Å²) < 4.78 is 5.74. The molecule has 0 aromatic heterocycles. The molecule has 104 valence electrons. The van der Waals surface area contributed by atoms with Gasteiger partial charge < -0.3 is 14.5 Å². The van der Waals surface area contributed by atoms with Crippen molar-refractivity contribution in [1.29, 1.82) is 0 Å². The summed E-state index contributed by atoms with van der Waals surface area (Å²) >= 11 is 0. The lowest BCUT2D eigenvalue weighted by molar-refractivity contribution is -0.133. The van der Waals surface area contributed by atoms with Crippen LogP contribution in [0.4, 0.5) is 0 Å². The molecule has 2 aliphatic rings. The first-order valence-corrected chi connectivity index (χ1v) is 6.98. The maximum atomic E-state index is 12.3. The Morgan fingerprint density at radius 2 is 2.28 bits per heavy atom. The van der Waals surface area contributed by atoms with E-state index in [-0.39, 0.29) is 24.2 Å². The molecule has 3 unspecified atom stereocenters. The number of nitrogens with zero attached hydrogens (tertiary/aromatic N) is 2. The second kappa shape index (κ2) is 5.99. The summed E-state index contributed by atoms with van der Waals surface area (Å²) in [6, 6.07) is 0.00585. The van der Waals surface area contributed by atoms with Gasteiger partial charge in [0.1, 0.15) is 0 Å². The van der Waals surface area contributed by atoms with Crippen LogP contribution in [0.25, 0.3) is 0 Å². The molecule has 0 bridgehead atoms. The highest BCUT2D eigenvalue weighted by Gasteiger charge is 2.37. The number of hydrogen-bond donors (Lipinski definition) is 1. The lowest BCUT2D eigenvalue weighted by Crippen LogP contribution is -2.48. The van der Waals surface area contributed by atoms with Crippen molar-refractivity contribution in [2.75, 3.05) is 33.3 Å². The van der Waals surface area contributed by atoms with E-state index in [0.29, 0.717) is 6.54 Å². The fraction of sp³-hybridized carbons (Fsp3) is 0.923. The van der Waals surface area contributed by atoms with Crippen molar-refractivity contribution in [2.45, 2.75) is 45.0 Å². The number of rotatable bonds is 4. The van der Waals surface area contributed by atoms with Gasteiger partial charge in [-0.15, -0.1) is 0 Å². The van der Waals surface area contributed by atoms with E-state index < -0.39 is 0 Å². The van der Waals surface area contributed by atoms with Crippen molar-refractivity contribution >= 4 is 5.91 Å². The predicted octanol–water partition coefficient (Wildman–Crippen LogP) is 0.264. The molecule has 2 heterocycles. The van der Waals surface area contributed by atoms with Crippen molar-refractivity contribution < 1.29 is 9.53 Å². The molecule has 5 nitrogen and oxygen atoms in total. The summed E-state index contributed by atoms with van der Waals surface area (Å²) in [4.78, 5) is 16.5. The van der Waals surface area contributed by atoms with Crippen LogP contribution in [0.5, 0.6) is 0 Å². The Morgan fingerprint density at radius 1 is 1.50 bits per heavy atom. The van der Waals surface area contributed by atoms with E-state index >= 15 is 0 Å². The number of morpholine rings is 1. The second-order valence-electron chi connectivity index (χ2n) is 5.43. The standard InChI is InChI=1S/C13H25N3O2/c1-4-5-12-13(17)16(10(2)14-12)9-11-8-15(3)6-7-18-11/h10-12,14H,4-9H2,1-3H3. The predicted molar refractivity (Wildman–Crippen MR) is 70.2 cm³/mol. The quantitative estimate of drug-likeness (QED) is 0.783. The van der Waals surface area contributed by atoms with Gasteiger partial charge >= 0.3 is 0 Å². The lowest BCUT2D eigenvalue weighted by atomic mass is 10.1. The molecule has 3 atom stereocenters. The Hall–Kier alpha value is -0.650. The molecule has 5 heteroatoms. The molecule has 2 aliphatic heterocycles. The van der Waals surface area contributed by atoms with Crippen molar-refractivity contribution in [3.63, 3.8) is 0 Å². The van der Waals surface area contributed by atoms with E-state index in [1.54, 1.807) is 0 Å². The molecule has 2 rings (SSSR count). The molecule has 0 spiro atoms. The van der Waals surface area contributed by atoms with Crippen molar-refractivity contribution in [3.8, 4) is 0 Å². The Balaban J connectivity index is 1.90. The van der Waals surface area contributed by atoms with E-state index in [1.807, 2.05) is 4.90 Å². The van der Waals surface area contributed by atoms with Crippen molar-refractivity contribution in [2.24, 2.45) is 0 Å². The maximum absolute atomic E-state index is 12.3. The molecule has 0 aliphatic carbocycles. The molecule has 18 heavy (non-hydrogen) atoms. The summed E-state index contributed by atoms with van der Waals surface area (Å²) in [5.41, 5.74) is 0. The first-order valence-electron chi connectivity index (χ1n) is 6.98. The van der Waals surface area contributed by atoms with Gasteiger partial charge in [-0.2, -0.15) is 0 Å². The molecule has 1 N–H and O–H groups in total. The van der Waals surface area contributed by atoms with Gasteiger partial charge in [0.05, 0.1) is 24.9 Å². The molecular weight excluding hydrogens is 230 g/mol. The van der Waals surface area contributed by atoms with Gasteiger partial charge in [-0.3, -0.25) is 10.1 Å². The Labute approximate surface area is 109 Å². The molecule has 0 aromatic carbocycles. The van der Waals surface area contributed by atoms with Crippen LogP contribution < -0.4 is 5.32 Å². The highest BCUT2D eigenvalue weighted by Crippen LogP contribution is 2.16. The minimum absolute atomic E-state index is 0.00585. The normalized spacial score (nSPS) is 34.3. The Kier molecular flexibility index (Phi) is 4.59. The Bertz CT molecular complexity index is 298. The number of hydrogen-bond acceptors (Lipinski definition) is 4. The minimum Gasteiger partial charge on any atom is -0.374 e. The van der Waals surface area contributed by atoms with Crippen molar-refractivity contribution in [1.82, 2.24) is 15.1 Å². The highest BCUT2D eigenvalue weighted by atomic mass is 16.5. The first-order chi connectivity index (χ1) is 8.61. The van der Waals surface area contributed by atoms with Gasteiger partial charge in [0.2, 0.25) is 5.91 Å². The maximum Gasteiger partial charge on any atom is 0.241 e. The van der Waals surface area contributed by atoms with Crippen LogP contribution in [-0.2, 0) is 9.53 Å². The third-order valence-electron chi connectivity index (χ3n) is 3.81. The van der Waals surface area contributed by atoms with Crippen LogP contribution in [0.15, 0.2) is 0 Å². The van der Waals surface area contributed by atoms with Crippen LogP contribution >= 0.6 is 0 Å². The average molecular weight is 255 g/mol. The van der Waals surface area contributed by atoms with Crippen LogP contribution in [-0.4, -0.2) is 67.3 Å². The lowest BCUT2D eigenvalue weighted by Gasteiger charge is -2.33.